The number of unbranched alkanes of at least 4 members (excludes halogenated alkanes) is 1. The second-order valence-corrected chi connectivity index (χ2v) is 6.15. The molecule has 0 aliphatic rings. The van der Waals surface area contributed by atoms with Crippen molar-refractivity contribution in [3.63, 3.8) is 0 Å². The summed E-state index contributed by atoms with van der Waals surface area (Å²) in [4.78, 5) is 0. The van der Waals surface area contributed by atoms with Gasteiger partial charge in [0.2, 0.25) is 0 Å². The molecule has 0 saturated carbocycles. The minimum atomic E-state index is 0.0627. The van der Waals surface area contributed by atoms with Gasteiger partial charge in [-0.2, -0.15) is 0 Å². The predicted octanol–water partition coefficient (Wildman–Crippen LogP) is 2.90. The molecule has 9 heavy (non-hydrogen) atoms. The zero-order valence-corrected chi connectivity index (χ0v) is 9.34. The molecule has 0 bridgehead atoms. The molecule has 1 heteroatoms. The van der Waals surface area contributed by atoms with Crippen LogP contribution >= 0.6 is 0 Å². The summed E-state index contributed by atoms with van der Waals surface area (Å²) in [5.41, 5.74) is 0. The molecule has 0 saturated heterocycles. The quantitative estimate of drug-likeness (QED) is 0.387. The molecule has 0 fully saturated rings. The van der Waals surface area contributed by atoms with E-state index in [9.17, 15) is 0 Å². The van der Waals surface area contributed by atoms with E-state index in [4.69, 9.17) is 0 Å². The van der Waals surface area contributed by atoms with Crippen molar-refractivity contribution in [3.05, 3.63) is 12.2 Å². The van der Waals surface area contributed by atoms with Gasteiger partial charge in [0.1, 0.15) is 0 Å². The topological polar surface area (TPSA) is 0 Å². The molecule has 0 rings (SSSR count). The monoisotopic (exact) mass is 232 g/mol. The number of hydrogen-bond donors (Lipinski definition) is 0. The molecular weight excluding hydrogens is 215 g/mol. The first kappa shape index (κ1) is 9.54. The van der Waals surface area contributed by atoms with E-state index in [2.05, 4.69) is 26.0 Å². The van der Waals surface area contributed by atoms with E-state index in [1.165, 1.54) is 17.3 Å². The van der Waals surface area contributed by atoms with Gasteiger partial charge in [-0.1, -0.05) is 0 Å². The van der Waals surface area contributed by atoms with Gasteiger partial charge >= 0.3 is 68.9 Å². The fraction of sp³-hybridized carbons (Fsp3) is 0.750. The fourth-order valence-corrected chi connectivity index (χ4v) is 4.06. The Balaban J connectivity index is 2.75. The molecule has 0 aromatic carbocycles. The van der Waals surface area contributed by atoms with Crippen LogP contribution in [0.5, 0.6) is 0 Å². The molecule has 0 nitrogen and oxygen atoms in total. The van der Waals surface area contributed by atoms with Crippen LogP contribution in [0.4, 0.5) is 0 Å². The van der Waals surface area contributed by atoms with Crippen molar-refractivity contribution in [3.8, 4) is 0 Å². The molecule has 0 spiro atoms. The Labute approximate surface area is 68.9 Å². The molecule has 0 N–H and O–H groups in total. The molecule has 0 aromatic rings. The second kappa shape index (κ2) is 8.54. The third kappa shape index (κ3) is 8.54. The van der Waals surface area contributed by atoms with E-state index in [1.807, 2.05) is 0 Å². The number of rotatable bonds is 5. The van der Waals surface area contributed by atoms with Crippen molar-refractivity contribution in [2.24, 2.45) is 0 Å². The van der Waals surface area contributed by atoms with E-state index >= 15 is 0 Å². The summed E-state index contributed by atoms with van der Waals surface area (Å²) in [7, 11) is 0. The third-order valence-electron chi connectivity index (χ3n) is 1.20. The van der Waals surface area contributed by atoms with Crippen molar-refractivity contribution in [2.75, 3.05) is 0 Å². The van der Waals surface area contributed by atoms with Crippen LogP contribution in [0.15, 0.2) is 12.2 Å². The first-order valence-corrected chi connectivity index (χ1v) is 7.77. The van der Waals surface area contributed by atoms with E-state index in [1.54, 1.807) is 4.44 Å². The van der Waals surface area contributed by atoms with Crippen LogP contribution in [-0.4, -0.2) is 21.1 Å². The van der Waals surface area contributed by atoms with E-state index < -0.39 is 0 Å². The van der Waals surface area contributed by atoms with Gasteiger partial charge in [-0.15, -0.1) is 0 Å². The van der Waals surface area contributed by atoms with Crippen molar-refractivity contribution in [1.82, 2.24) is 0 Å². The third-order valence-corrected chi connectivity index (χ3v) is 4.72. The van der Waals surface area contributed by atoms with Crippen LogP contribution in [-0.2, 0) is 0 Å². The Hall–Kier alpha value is 0.539. The van der Waals surface area contributed by atoms with Gasteiger partial charge in [-0.3, -0.25) is 0 Å². The Morgan fingerprint density at radius 1 is 1.44 bits per heavy atom. The van der Waals surface area contributed by atoms with Crippen LogP contribution in [0.25, 0.3) is 0 Å². The molecule has 0 amide bonds. The van der Waals surface area contributed by atoms with Gasteiger partial charge in [-0.25, -0.2) is 0 Å². The van der Waals surface area contributed by atoms with Crippen LogP contribution < -0.4 is 0 Å². The summed E-state index contributed by atoms with van der Waals surface area (Å²) in [5.74, 6) is 0. The van der Waals surface area contributed by atoms with Gasteiger partial charge in [0, 0.05) is 0 Å². The Bertz CT molecular complexity index is 67.0. The van der Waals surface area contributed by atoms with Crippen molar-refractivity contribution in [1.29, 1.82) is 0 Å². The number of allylic oxidation sites excluding steroid dienone is 2. The SMILES string of the molecule is C/C=C/[CH2][Sn][CH2]CCC. The average molecular weight is 231 g/mol. The summed E-state index contributed by atoms with van der Waals surface area (Å²) in [6.07, 6.45) is 7.36. The fourth-order valence-electron chi connectivity index (χ4n) is 0.605. The summed E-state index contributed by atoms with van der Waals surface area (Å²) >= 11 is 0.0627. The van der Waals surface area contributed by atoms with Crippen LogP contribution in [0.2, 0.25) is 8.87 Å². The second-order valence-electron chi connectivity index (χ2n) is 2.13. The molecule has 0 aromatic heterocycles. The van der Waals surface area contributed by atoms with Crippen LogP contribution in [0, 0.1) is 0 Å². The Kier molecular flexibility index (Phi) is 9.05. The van der Waals surface area contributed by atoms with Crippen molar-refractivity contribution < 1.29 is 0 Å². The summed E-state index contributed by atoms with van der Waals surface area (Å²) in [5, 5.41) is 0. The summed E-state index contributed by atoms with van der Waals surface area (Å²) < 4.78 is 3.02. The number of hydrogen-bond acceptors (Lipinski definition) is 0. The first-order valence-electron chi connectivity index (χ1n) is 3.73. The molecule has 0 aliphatic heterocycles. The first-order chi connectivity index (χ1) is 4.41. The zero-order chi connectivity index (χ0) is 6.95. The molecule has 0 aliphatic carbocycles. The maximum absolute atomic E-state index is 2.32. The molecule has 52 valence electrons. The normalized spacial score (nSPS) is 10.9. The summed E-state index contributed by atoms with van der Waals surface area (Å²) in [6.45, 7) is 4.38. The predicted molar refractivity (Wildman–Crippen MR) is 45.1 cm³/mol. The van der Waals surface area contributed by atoms with Gasteiger partial charge in [0.25, 0.3) is 0 Å². The van der Waals surface area contributed by atoms with E-state index in [-0.39, 0.29) is 21.1 Å². The molecular formula is C8H16Sn. The minimum absolute atomic E-state index is 0.0627. The Morgan fingerprint density at radius 2 is 2.22 bits per heavy atom. The van der Waals surface area contributed by atoms with Crippen LogP contribution in [0.1, 0.15) is 26.7 Å². The van der Waals surface area contributed by atoms with Crippen molar-refractivity contribution in [2.45, 2.75) is 35.6 Å². The molecule has 0 atom stereocenters. The average Bonchev–Trinajstić information content (AvgIpc) is 1.89. The van der Waals surface area contributed by atoms with Crippen molar-refractivity contribution >= 4 is 21.1 Å². The standard InChI is InChI=1S/C4H9.C4H7.Sn/c2*1-3-4-2;/h1,3-4H2,2H3;3-4H,1H2,2H3;/b;4-3+;. The Morgan fingerprint density at radius 3 is 2.78 bits per heavy atom. The molecule has 0 unspecified atom stereocenters. The maximum atomic E-state index is 2.32. The van der Waals surface area contributed by atoms with Gasteiger partial charge in [0.05, 0.1) is 0 Å². The van der Waals surface area contributed by atoms with Gasteiger partial charge in [-0.05, 0) is 0 Å². The zero-order valence-electron chi connectivity index (χ0n) is 6.48. The van der Waals surface area contributed by atoms with E-state index in [0.29, 0.717) is 0 Å². The van der Waals surface area contributed by atoms with Gasteiger partial charge < -0.3 is 0 Å². The van der Waals surface area contributed by atoms with Gasteiger partial charge in [0.15, 0.2) is 0 Å². The van der Waals surface area contributed by atoms with E-state index in [0.717, 1.165) is 0 Å². The van der Waals surface area contributed by atoms with Crippen LogP contribution in [0.3, 0.4) is 0 Å². The molecule has 0 heterocycles. The molecule has 2 radical (unpaired) electrons. The summed E-state index contributed by atoms with van der Waals surface area (Å²) in [6, 6.07) is 0.